The van der Waals surface area contributed by atoms with E-state index in [1.54, 1.807) is 44.4 Å². The van der Waals surface area contributed by atoms with Gasteiger partial charge in [-0.2, -0.15) is 0 Å². The van der Waals surface area contributed by atoms with Gasteiger partial charge in [-0.3, -0.25) is 4.79 Å². The van der Waals surface area contributed by atoms with E-state index in [0.717, 1.165) is 0 Å². The van der Waals surface area contributed by atoms with Gasteiger partial charge in [0.2, 0.25) is 5.91 Å². The first-order valence-corrected chi connectivity index (χ1v) is 11.0. The molecular formula is C23H22FN3O4S. The Kier molecular flexibility index (Phi) is 6.45. The third kappa shape index (κ3) is 4.47. The Labute approximate surface area is 189 Å². The van der Waals surface area contributed by atoms with Crippen LogP contribution in [0.2, 0.25) is 0 Å². The van der Waals surface area contributed by atoms with Crippen molar-refractivity contribution in [1.29, 1.82) is 0 Å². The van der Waals surface area contributed by atoms with Crippen molar-refractivity contribution < 1.29 is 23.1 Å². The van der Waals surface area contributed by atoms with Gasteiger partial charge in [0.25, 0.3) is 0 Å². The summed E-state index contributed by atoms with van der Waals surface area (Å²) in [5.74, 6) is -0.493. The van der Waals surface area contributed by atoms with E-state index in [-0.39, 0.29) is 25.5 Å². The molecule has 4 rings (SSSR count). The van der Waals surface area contributed by atoms with Crippen LogP contribution in [0.25, 0.3) is 0 Å². The van der Waals surface area contributed by atoms with Gasteiger partial charge in [0.05, 0.1) is 43.1 Å². The number of carbonyl (C=O) groups excluding carboxylic acids is 2. The molecule has 2 aliphatic rings. The molecule has 9 heteroatoms. The maximum atomic E-state index is 14.1. The molecule has 1 aromatic heterocycles. The molecule has 0 radical (unpaired) electrons. The van der Waals surface area contributed by atoms with Gasteiger partial charge in [0, 0.05) is 5.70 Å². The second-order valence-corrected chi connectivity index (χ2v) is 8.04. The number of ether oxygens (including phenoxy) is 1. The van der Waals surface area contributed by atoms with Crippen LogP contribution in [0.1, 0.15) is 37.6 Å². The number of hydrogen-bond donors (Lipinski definition) is 1. The van der Waals surface area contributed by atoms with E-state index in [9.17, 15) is 14.0 Å². The molecule has 0 saturated carbocycles. The van der Waals surface area contributed by atoms with Crippen molar-refractivity contribution in [1.82, 2.24) is 10.2 Å². The first-order valence-electron chi connectivity index (χ1n) is 10.1. The van der Waals surface area contributed by atoms with E-state index >= 15 is 0 Å². The maximum Gasteiger partial charge on any atom is 0.338 e. The number of thioether (sulfide) groups is 1. The number of fused-ring (bicyclic) bond motifs is 1. The predicted molar refractivity (Wildman–Crippen MR) is 119 cm³/mol. The Morgan fingerprint density at radius 3 is 2.88 bits per heavy atom. The fraction of sp³-hybridized carbons (Fsp3) is 0.261. The van der Waals surface area contributed by atoms with Gasteiger partial charge in [0.1, 0.15) is 11.6 Å². The highest BCUT2D eigenvalue weighted by atomic mass is 32.2. The largest absolute Gasteiger partial charge is 0.467 e. The summed E-state index contributed by atoms with van der Waals surface area (Å²) in [6.45, 7) is 3.93. The SMILES string of the molecule is CCOC(=O)C1=C(C)N=C2SC=C(CC(=O)NCc3ccco3)N2C1c1cccc(F)c1. The molecule has 2 aliphatic heterocycles. The smallest absolute Gasteiger partial charge is 0.338 e. The Bertz CT molecular complexity index is 1120. The quantitative estimate of drug-likeness (QED) is 0.628. The molecule has 1 unspecified atom stereocenters. The van der Waals surface area contributed by atoms with Gasteiger partial charge in [-0.1, -0.05) is 23.9 Å². The van der Waals surface area contributed by atoms with E-state index < -0.39 is 17.8 Å². The van der Waals surface area contributed by atoms with Crippen LogP contribution in [0.5, 0.6) is 0 Å². The highest BCUT2D eigenvalue weighted by molar-refractivity contribution is 8.16. The van der Waals surface area contributed by atoms with Crippen molar-refractivity contribution in [3.8, 4) is 0 Å². The third-order valence-electron chi connectivity index (χ3n) is 5.04. The first kappa shape index (κ1) is 21.9. The van der Waals surface area contributed by atoms with Crippen LogP contribution >= 0.6 is 11.8 Å². The van der Waals surface area contributed by atoms with Gasteiger partial charge in [-0.15, -0.1) is 0 Å². The van der Waals surface area contributed by atoms with Crippen LogP contribution in [0.3, 0.4) is 0 Å². The molecule has 32 heavy (non-hydrogen) atoms. The van der Waals surface area contributed by atoms with Crippen LogP contribution in [-0.2, 0) is 20.9 Å². The van der Waals surface area contributed by atoms with Crippen molar-refractivity contribution in [3.63, 3.8) is 0 Å². The highest BCUT2D eigenvalue weighted by Gasteiger charge is 2.41. The third-order valence-corrected chi connectivity index (χ3v) is 5.93. The lowest BCUT2D eigenvalue weighted by atomic mass is 9.93. The number of furan rings is 1. The number of halogens is 1. The van der Waals surface area contributed by atoms with Crippen molar-refractivity contribution in [2.24, 2.45) is 4.99 Å². The minimum absolute atomic E-state index is 0.0632. The molecule has 7 nitrogen and oxygen atoms in total. The Balaban J connectivity index is 1.63. The first-order chi connectivity index (χ1) is 15.5. The summed E-state index contributed by atoms with van der Waals surface area (Å²) in [6.07, 6.45) is 1.61. The zero-order valence-electron chi connectivity index (χ0n) is 17.6. The molecule has 166 valence electrons. The van der Waals surface area contributed by atoms with Gasteiger partial charge in [-0.25, -0.2) is 14.2 Å². The van der Waals surface area contributed by atoms with Crippen LogP contribution in [0.4, 0.5) is 4.39 Å². The second kappa shape index (κ2) is 9.44. The summed E-state index contributed by atoms with van der Waals surface area (Å²) in [4.78, 5) is 31.8. The number of nitrogens with zero attached hydrogens (tertiary/aromatic N) is 2. The minimum Gasteiger partial charge on any atom is -0.467 e. The lowest BCUT2D eigenvalue weighted by molar-refractivity contribution is -0.139. The van der Waals surface area contributed by atoms with Gasteiger partial charge in [0.15, 0.2) is 5.17 Å². The zero-order chi connectivity index (χ0) is 22.7. The molecule has 1 aromatic carbocycles. The number of amidine groups is 1. The molecule has 0 aliphatic carbocycles. The summed E-state index contributed by atoms with van der Waals surface area (Å²) in [7, 11) is 0. The van der Waals surface area contributed by atoms with E-state index in [1.807, 2.05) is 10.3 Å². The summed E-state index contributed by atoms with van der Waals surface area (Å²) in [6, 6.07) is 8.95. The van der Waals surface area contributed by atoms with Crippen molar-refractivity contribution >= 4 is 28.8 Å². The zero-order valence-corrected chi connectivity index (χ0v) is 18.4. The molecule has 1 atom stereocenters. The standard InChI is InChI=1S/C23H22FN3O4S/c1-3-30-22(29)20-14(2)26-23-27(21(20)15-6-4-7-16(24)10-15)17(13-32-23)11-19(28)25-12-18-8-5-9-31-18/h4-10,13,21H,3,11-12H2,1-2H3,(H,25,28). The number of benzene rings is 1. The summed E-state index contributed by atoms with van der Waals surface area (Å²) < 4.78 is 24.6. The average molecular weight is 456 g/mol. The van der Waals surface area contributed by atoms with E-state index in [1.165, 1.54) is 23.9 Å². The second-order valence-electron chi connectivity index (χ2n) is 7.20. The van der Waals surface area contributed by atoms with Crippen LogP contribution in [0, 0.1) is 5.82 Å². The number of esters is 1. The Hall–Kier alpha value is -3.33. The average Bonchev–Trinajstić information content (AvgIpc) is 3.41. The monoisotopic (exact) mass is 455 g/mol. The Morgan fingerprint density at radius 2 is 2.16 bits per heavy atom. The van der Waals surface area contributed by atoms with Gasteiger partial charge < -0.3 is 19.4 Å². The lowest BCUT2D eigenvalue weighted by Gasteiger charge is -2.36. The number of allylic oxidation sites excluding steroid dienone is 1. The minimum atomic E-state index is -0.656. The highest BCUT2D eigenvalue weighted by Crippen LogP contribution is 2.44. The molecule has 0 fully saturated rings. The predicted octanol–water partition coefficient (Wildman–Crippen LogP) is 4.26. The van der Waals surface area contributed by atoms with E-state index in [4.69, 9.17) is 9.15 Å². The molecule has 2 aromatic rings. The van der Waals surface area contributed by atoms with Crippen LogP contribution < -0.4 is 5.32 Å². The van der Waals surface area contributed by atoms with Crippen molar-refractivity contribution in [3.05, 3.63) is 82.2 Å². The number of aliphatic imine (C=N–C) groups is 1. The number of nitrogens with one attached hydrogen (secondary N) is 1. The Morgan fingerprint density at radius 1 is 1.31 bits per heavy atom. The summed E-state index contributed by atoms with van der Waals surface area (Å²) >= 11 is 1.36. The summed E-state index contributed by atoms with van der Waals surface area (Å²) in [5, 5.41) is 5.28. The fourth-order valence-electron chi connectivity index (χ4n) is 3.66. The summed E-state index contributed by atoms with van der Waals surface area (Å²) in [5.41, 5.74) is 2.07. The van der Waals surface area contributed by atoms with E-state index in [0.29, 0.717) is 33.5 Å². The number of carbonyl (C=O) groups is 2. The normalized spacial score (nSPS) is 17.6. The molecule has 3 heterocycles. The molecular weight excluding hydrogens is 433 g/mol. The molecule has 1 N–H and O–H groups in total. The van der Waals surface area contributed by atoms with Crippen LogP contribution in [0.15, 0.2) is 74.4 Å². The molecule has 1 amide bonds. The lowest BCUT2D eigenvalue weighted by Crippen LogP contribution is -2.38. The molecule has 0 saturated heterocycles. The van der Waals surface area contributed by atoms with Crippen LogP contribution in [-0.4, -0.2) is 28.6 Å². The van der Waals surface area contributed by atoms with Gasteiger partial charge >= 0.3 is 5.97 Å². The fourth-order valence-corrected chi connectivity index (χ4v) is 4.62. The topological polar surface area (TPSA) is 84.1 Å². The van der Waals surface area contributed by atoms with Gasteiger partial charge in [-0.05, 0) is 49.1 Å². The van der Waals surface area contributed by atoms with Crippen molar-refractivity contribution in [2.75, 3.05) is 6.61 Å². The molecule has 0 bridgehead atoms. The number of amides is 1. The molecule has 0 spiro atoms. The maximum absolute atomic E-state index is 14.1. The van der Waals surface area contributed by atoms with Crippen molar-refractivity contribution in [2.45, 2.75) is 32.9 Å². The van der Waals surface area contributed by atoms with E-state index in [2.05, 4.69) is 10.3 Å². The number of rotatable bonds is 7. The number of hydrogen-bond acceptors (Lipinski definition) is 7.